The number of amides is 1. The quantitative estimate of drug-likeness (QED) is 0.649. The summed E-state index contributed by atoms with van der Waals surface area (Å²) in [6.45, 7) is 2.46. The van der Waals surface area contributed by atoms with Crippen molar-refractivity contribution in [3.8, 4) is 16.3 Å². The number of thiazole rings is 1. The van der Waals surface area contributed by atoms with Crippen LogP contribution in [0, 0.1) is 5.82 Å². The van der Waals surface area contributed by atoms with Crippen molar-refractivity contribution in [2.45, 2.75) is 13.5 Å². The van der Waals surface area contributed by atoms with Gasteiger partial charge in [-0.2, -0.15) is 0 Å². The standard InChI is InChI=1S/C19H16ClFN2O2S/c1-2-22-18(24)17-11-26-19(23-17)12-6-8-13(9-7-12)25-10-14-15(20)4-3-5-16(14)21/h3-9,11H,2,10H2,1H3,(H,22,24). The fourth-order valence-electron chi connectivity index (χ4n) is 2.28. The van der Waals surface area contributed by atoms with E-state index >= 15 is 0 Å². The lowest BCUT2D eigenvalue weighted by Gasteiger charge is -2.09. The maximum absolute atomic E-state index is 13.8. The van der Waals surface area contributed by atoms with Gasteiger partial charge >= 0.3 is 0 Å². The summed E-state index contributed by atoms with van der Waals surface area (Å²) < 4.78 is 19.4. The summed E-state index contributed by atoms with van der Waals surface area (Å²) >= 11 is 7.39. The van der Waals surface area contributed by atoms with Crippen LogP contribution in [0.15, 0.2) is 47.8 Å². The number of nitrogens with one attached hydrogen (secondary N) is 1. The molecule has 0 saturated carbocycles. The molecule has 0 saturated heterocycles. The largest absolute Gasteiger partial charge is 0.489 e. The molecule has 3 rings (SSSR count). The first-order chi connectivity index (χ1) is 12.6. The van der Waals surface area contributed by atoms with Crippen molar-refractivity contribution in [2.24, 2.45) is 0 Å². The second-order valence-corrected chi connectivity index (χ2v) is 6.68. The second kappa shape index (κ2) is 8.29. The highest BCUT2D eigenvalue weighted by Crippen LogP contribution is 2.27. The normalized spacial score (nSPS) is 10.6. The molecule has 1 amide bonds. The monoisotopic (exact) mass is 390 g/mol. The summed E-state index contributed by atoms with van der Waals surface area (Å²) in [5, 5.41) is 5.53. The molecule has 1 aromatic heterocycles. The van der Waals surface area contributed by atoms with Crippen LogP contribution in [0.5, 0.6) is 5.75 Å². The molecular formula is C19H16ClFN2O2S. The molecule has 0 radical (unpaired) electrons. The Morgan fingerprint density at radius 3 is 2.73 bits per heavy atom. The molecule has 0 fully saturated rings. The number of aromatic nitrogens is 1. The van der Waals surface area contributed by atoms with Crippen molar-refractivity contribution in [1.29, 1.82) is 0 Å². The van der Waals surface area contributed by atoms with Gasteiger partial charge in [-0.25, -0.2) is 9.37 Å². The van der Waals surface area contributed by atoms with E-state index in [-0.39, 0.29) is 12.5 Å². The molecular weight excluding hydrogens is 375 g/mol. The van der Waals surface area contributed by atoms with E-state index in [9.17, 15) is 9.18 Å². The van der Waals surface area contributed by atoms with Crippen molar-refractivity contribution in [3.63, 3.8) is 0 Å². The fraction of sp³-hybridized carbons (Fsp3) is 0.158. The third kappa shape index (κ3) is 4.20. The van der Waals surface area contributed by atoms with Crippen LogP contribution < -0.4 is 10.1 Å². The van der Waals surface area contributed by atoms with Crippen LogP contribution in [-0.4, -0.2) is 17.4 Å². The lowest BCUT2D eigenvalue weighted by Crippen LogP contribution is -2.22. The zero-order chi connectivity index (χ0) is 18.5. The minimum atomic E-state index is -0.394. The number of halogens is 2. The first kappa shape index (κ1) is 18.4. The van der Waals surface area contributed by atoms with Gasteiger partial charge in [-0.05, 0) is 43.3 Å². The van der Waals surface area contributed by atoms with E-state index in [4.69, 9.17) is 16.3 Å². The number of ether oxygens (including phenoxy) is 1. The van der Waals surface area contributed by atoms with Gasteiger partial charge in [0.15, 0.2) is 0 Å². The van der Waals surface area contributed by atoms with Crippen molar-refractivity contribution < 1.29 is 13.9 Å². The Morgan fingerprint density at radius 1 is 1.27 bits per heavy atom. The van der Waals surface area contributed by atoms with Gasteiger partial charge in [-0.3, -0.25) is 4.79 Å². The molecule has 1 heterocycles. The highest BCUT2D eigenvalue weighted by atomic mass is 35.5. The molecule has 7 heteroatoms. The van der Waals surface area contributed by atoms with E-state index in [0.717, 1.165) is 10.6 Å². The fourth-order valence-corrected chi connectivity index (χ4v) is 3.30. The Labute approximate surface area is 159 Å². The Morgan fingerprint density at radius 2 is 2.04 bits per heavy atom. The van der Waals surface area contributed by atoms with Gasteiger partial charge in [0, 0.05) is 23.1 Å². The highest BCUT2D eigenvalue weighted by Gasteiger charge is 2.11. The van der Waals surface area contributed by atoms with Crippen molar-refractivity contribution >= 4 is 28.8 Å². The molecule has 0 aliphatic heterocycles. The number of carbonyl (C=O) groups is 1. The second-order valence-electron chi connectivity index (χ2n) is 5.41. The minimum Gasteiger partial charge on any atom is -0.489 e. The van der Waals surface area contributed by atoms with Crippen LogP contribution in [0.4, 0.5) is 4.39 Å². The number of rotatable bonds is 6. The lowest BCUT2D eigenvalue weighted by molar-refractivity contribution is 0.0951. The summed E-state index contributed by atoms with van der Waals surface area (Å²) in [6.07, 6.45) is 0. The van der Waals surface area contributed by atoms with Crippen molar-refractivity contribution in [1.82, 2.24) is 10.3 Å². The van der Waals surface area contributed by atoms with Crippen LogP contribution in [0.25, 0.3) is 10.6 Å². The van der Waals surface area contributed by atoms with E-state index in [1.54, 1.807) is 29.6 Å². The van der Waals surface area contributed by atoms with Gasteiger partial charge < -0.3 is 10.1 Å². The van der Waals surface area contributed by atoms with Crippen LogP contribution in [0.1, 0.15) is 23.0 Å². The molecule has 4 nitrogen and oxygen atoms in total. The molecule has 3 aromatic rings. The van der Waals surface area contributed by atoms with Gasteiger partial charge in [-0.1, -0.05) is 17.7 Å². The molecule has 0 atom stereocenters. The molecule has 26 heavy (non-hydrogen) atoms. The highest BCUT2D eigenvalue weighted by molar-refractivity contribution is 7.13. The third-order valence-corrected chi connectivity index (χ3v) is 4.87. The number of nitrogens with zero attached hydrogens (tertiary/aromatic N) is 1. The molecule has 0 aliphatic carbocycles. The average Bonchev–Trinajstić information content (AvgIpc) is 3.12. The third-order valence-electron chi connectivity index (χ3n) is 3.62. The minimum absolute atomic E-state index is 0.0451. The van der Waals surface area contributed by atoms with Crippen LogP contribution in [0.2, 0.25) is 5.02 Å². The van der Waals surface area contributed by atoms with E-state index < -0.39 is 5.82 Å². The summed E-state index contributed by atoms with van der Waals surface area (Å²) in [5.41, 5.74) is 1.60. The van der Waals surface area contributed by atoms with E-state index in [1.165, 1.54) is 17.4 Å². The van der Waals surface area contributed by atoms with Gasteiger partial charge in [-0.15, -0.1) is 11.3 Å². The Hall–Kier alpha value is -2.44. The molecule has 0 bridgehead atoms. The van der Waals surface area contributed by atoms with Gasteiger partial charge in [0.1, 0.15) is 28.9 Å². The van der Waals surface area contributed by atoms with Gasteiger partial charge in [0.25, 0.3) is 5.91 Å². The lowest BCUT2D eigenvalue weighted by atomic mass is 10.2. The summed E-state index contributed by atoms with van der Waals surface area (Å²) in [4.78, 5) is 16.1. The van der Waals surface area contributed by atoms with E-state index in [1.807, 2.05) is 19.1 Å². The summed E-state index contributed by atoms with van der Waals surface area (Å²) in [6, 6.07) is 11.8. The molecule has 1 N–H and O–H groups in total. The van der Waals surface area contributed by atoms with Crippen LogP contribution in [-0.2, 0) is 6.61 Å². The SMILES string of the molecule is CCNC(=O)c1csc(-c2ccc(OCc3c(F)cccc3Cl)cc2)n1. The Bertz CT molecular complexity index is 892. The summed E-state index contributed by atoms with van der Waals surface area (Å²) in [5.74, 6) is 0.0140. The van der Waals surface area contributed by atoms with Crippen LogP contribution in [0.3, 0.4) is 0 Å². The number of benzene rings is 2. The van der Waals surface area contributed by atoms with Crippen LogP contribution >= 0.6 is 22.9 Å². The first-order valence-electron chi connectivity index (χ1n) is 7.98. The van der Waals surface area contributed by atoms with Crippen molar-refractivity contribution in [3.05, 3.63) is 69.9 Å². The van der Waals surface area contributed by atoms with E-state index in [0.29, 0.717) is 28.6 Å². The van der Waals surface area contributed by atoms with Gasteiger partial charge in [0.2, 0.25) is 0 Å². The zero-order valence-corrected chi connectivity index (χ0v) is 15.5. The molecule has 0 aliphatic rings. The topological polar surface area (TPSA) is 51.2 Å². The van der Waals surface area contributed by atoms with Gasteiger partial charge in [0.05, 0.1) is 5.02 Å². The molecule has 0 unspecified atom stereocenters. The van der Waals surface area contributed by atoms with E-state index in [2.05, 4.69) is 10.3 Å². The zero-order valence-electron chi connectivity index (χ0n) is 14.0. The van der Waals surface area contributed by atoms with Crippen molar-refractivity contribution in [2.75, 3.05) is 6.54 Å². The molecule has 2 aromatic carbocycles. The maximum atomic E-state index is 13.8. The predicted molar refractivity (Wildman–Crippen MR) is 101 cm³/mol. The average molecular weight is 391 g/mol. The maximum Gasteiger partial charge on any atom is 0.270 e. The smallest absolute Gasteiger partial charge is 0.270 e. The first-order valence-corrected chi connectivity index (χ1v) is 9.24. The Balaban J connectivity index is 1.68. The Kier molecular flexibility index (Phi) is 5.85. The molecule has 134 valence electrons. The number of carbonyl (C=O) groups excluding carboxylic acids is 1. The summed E-state index contributed by atoms with van der Waals surface area (Å²) in [7, 11) is 0. The molecule has 0 spiro atoms. The number of hydrogen-bond donors (Lipinski definition) is 1. The number of hydrogen-bond acceptors (Lipinski definition) is 4. The predicted octanol–water partition coefficient (Wildman–Crippen LogP) is 4.93.